The van der Waals surface area contributed by atoms with E-state index >= 15 is 0 Å². The summed E-state index contributed by atoms with van der Waals surface area (Å²) in [5.74, 6) is -0.615. The summed E-state index contributed by atoms with van der Waals surface area (Å²) in [6, 6.07) is 0. The van der Waals surface area contributed by atoms with Crippen LogP contribution in [0, 0.1) is 0 Å². The molecule has 0 unspecified atom stereocenters. The molecule has 0 fully saturated rings. The van der Waals surface area contributed by atoms with Crippen LogP contribution in [-0.4, -0.2) is 47.8 Å². The van der Waals surface area contributed by atoms with Crippen molar-refractivity contribution in [1.82, 2.24) is 9.97 Å². The number of esters is 2. The van der Waals surface area contributed by atoms with Gasteiger partial charge in [-0.2, -0.15) is 0 Å². The number of aromatic nitrogens is 2. The number of carbonyl (C=O) groups is 3. The molecule has 2 aromatic rings. The molecule has 0 radical (unpaired) electrons. The average Bonchev–Trinajstić information content (AvgIpc) is 3.22. The number of ether oxygens (including phenoxy) is 3. The molecule has 0 aromatic carbocycles. The van der Waals surface area contributed by atoms with E-state index in [1.807, 2.05) is 0 Å². The predicted octanol–water partition coefficient (Wildman–Crippen LogP) is 2.65. The van der Waals surface area contributed by atoms with Crippen molar-refractivity contribution >= 4 is 51.0 Å². The number of rotatable bonds is 5. The Bertz CT molecular complexity index is 828. The number of nitrogens with zero attached hydrogens (tertiary/aromatic N) is 2. The van der Waals surface area contributed by atoms with E-state index in [1.165, 1.54) is 43.1 Å². The number of hydrogen-bond acceptors (Lipinski definition) is 11. The first-order chi connectivity index (χ1) is 13.5. The van der Waals surface area contributed by atoms with Crippen molar-refractivity contribution in [2.45, 2.75) is 39.2 Å². The van der Waals surface area contributed by atoms with Crippen LogP contribution in [0.5, 0.6) is 0 Å². The third kappa shape index (κ3) is 10.4. The molecule has 160 valence electrons. The van der Waals surface area contributed by atoms with Crippen LogP contribution < -0.4 is 11.1 Å². The number of nitrogens with one attached hydrogen (secondary N) is 1. The molecule has 0 bridgehead atoms. The fourth-order valence-corrected chi connectivity index (χ4v) is 3.12. The van der Waals surface area contributed by atoms with Crippen LogP contribution in [0.3, 0.4) is 0 Å². The van der Waals surface area contributed by atoms with Crippen LogP contribution in [0.2, 0.25) is 0 Å². The Hall–Kier alpha value is -2.73. The molecular weight excluding hydrogens is 420 g/mol. The van der Waals surface area contributed by atoms with Crippen molar-refractivity contribution in [1.29, 1.82) is 0 Å². The second-order valence-electron chi connectivity index (χ2n) is 6.43. The lowest BCUT2D eigenvalue weighted by atomic mass is 10.2. The lowest BCUT2D eigenvalue weighted by Crippen LogP contribution is -2.27. The number of anilines is 2. The highest BCUT2D eigenvalue weighted by atomic mass is 32.1. The Labute approximate surface area is 176 Å². The lowest BCUT2D eigenvalue weighted by Gasteiger charge is -2.18. The molecule has 2 aromatic heterocycles. The van der Waals surface area contributed by atoms with Gasteiger partial charge in [0.2, 0.25) is 0 Å². The van der Waals surface area contributed by atoms with E-state index in [9.17, 15) is 14.4 Å². The number of nitrogens with two attached hydrogens (primary N) is 1. The maximum absolute atomic E-state index is 11.5. The summed E-state index contributed by atoms with van der Waals surface area (Å²) in [4.78, 5) is 42.5. The summed E-state index contributed by atoms with van der Waals surface area (Å²) in [6.45, 7) is 5.32. The Morgan fingerprint density at radius 2 is 1.52 bits per heavy atom. The third-order valence-electron chi connectivity index (χ3n) is 2.83. The van der Waals surface area contributed by atoms with Gasteiger partial charge in [0.1, 0.15) is 5.60 Å². The summed E-state index contributed by atoms with van der Waals surface area (Å²) in [6.07, 6.45) is 2.93. The summed E-state index contributed by atoms with van der Waals surface area (Å²) < 4.78 is 14.1. The molecule has 12 heteroatoms. The highest BCUT2D eigenvalue weighted by Gasteiger charge is 2.17. The minimum Gasteiger partial charge on any atom is -0.469 e. The predicted molar refractivity (Wildman–Crippen MR) is 110 cm³/mol. The van der Waals surface area contributed by atoms with Crippen LogP contribution in [-0.2, 0) is 36.6 Å². The normalized spacial score (nSPS) is 10.4. The van der Waals surface area contributed by atoms with E-state index in [0.29, 0.717) is 15.1 Å². The van der Waals surface area contributed by atoms with Gasteiger partial charge in [0.05, 0.1) is 27.1 Å². The molecule has 0 atom stereocenters. The van der Waals surface area contributed by atoms with Crippen molar-refractivity contribution in [2.24, 2.45) is 0 Å². The number of methoxy groups -OCH3 is 2. The standard InChI is InChI=1S/C11H16N2O4S.C6H8N2O2S/c1-11(2,3)17-10(15)13-9-12-6-7(18-9)5-8(14)16-4;1-10-5(9)2-4-3-8-6(7)11-4/h6H,5H2,1-4H3,(H,12,13,15);3H,2H2,1H3,(H2,7,8). The average molecular weight is 445 g/mol. The smallest absolute Gasteiger partial charge is 0.413 e. The number of thiazole rings is 2. The summed E-state index contributed by atoms with van der Waals surface area (Å²) in [7, 11) is 2.68. The monoisotopic (exact) mass is 444 g/mol. The van der Waals surface area contributed by atoms with E-state index in [4.69, 9.17) is 10.5 Å². The second kappa shape index (κ2) is 11.3. The Balaban J connectivity index is 0.000000326. The zero-order chi connectivity index (χ0) is 22.0. The maximum Gasteiger partial charge on any atom is 0.413 e. The van der Waals surface area contributed by atoms with Crippen molar-refractivity contribution in [3.05, 3.63) is 22.1 Å². The van der Waals surface area contributed by atoms with E-state index in [2.05, 4.69) is 24.8 Å². The fourth-order valence-electron chi connectivity index (χ4n) is 1.67. The van der Waals surface area contributed by atoms with Gasteiger partial charge >= 0.3 is 18.0 Å². The maximum atomic E-state index is 11.5. The number of hydrogen-bond donors (Lipinski definition) is 2. The van der Waals surface area contributed by atoms with E-state index in [-0.39, 0.29) is 24.8 Å². The molecule has 29 heavy (non-hydrogen) atoms. The molecule has 0 aliphatic rings. The highest BCUT2D eigenvalue weighted by Crippen LogP contribution is 2.20. The zero-order valence-electron chi connectivity index (χ0n) is 16.8. The van der Waals surface area contributed by atoms with Gasteiger partial charge in [0, 0.05) is 22.1 Å². The topological polar surface area (TPSA) is 143 Å². The zero-order valence-corrected chi connectivity index (χ0v) is 18.4. The van der Waals surface area contributed by atoms with Crippen LogP contribution >= 0.6 is 22.7 Å². The van der Waals surface area contributed by atoms with Gasteiger partial charge in [0.15, 0.2) is 10.3 Å². The minimum atomic E-state index is -0.568. The molecule has 0 saturated carbocycles. The first-order valence-electron chi connectivity index (χ1n) is 8.31. The molecule has 1 amide bonds. The van der Waals surface area contributed by atoms with E-state index in [1.54, 1.807) is 27.0 Å². The molecule has 10 nitrogen and oxygen atoms in total. The molecule has 0 aliphatic heterocycles. The molecule has 2 rings (SSSR count). The minimum absolute atomic E-state index is 0.143. The van der Waals surface area contributed by atoms with Crippen molar-refractivity contribution < 1.29 is 28.6 Å². The van der Waals surface area contributed by atoms with Gasteiger partial charge in [-0.25, -0.2) is 14.8 Å². The first-order valence-corrected chi connectivity index (χ1v) is 9.94. The molecule has 3 N–H and O–H groups in total. The van der Waals surface area contributed by atoms with E-state index in [0.717, 1.165) is 4.88 Å². The fraction of sp³-hybridized carbons (Fsp3) is 0.471. The van der Waals surface area contributed by atoms with Gasteiger partial charge in [-0.3, -0.25) is 14.9 Å². The summed E-state index contributed by atoms with van der Waals surface area (Å²) in [5.41, 5.74) is 4.79. The SMILES string of the molecule is COC(=O)Cc1cnc(N)s1.COC(=O)Cc1cnc(NC(=O)OC(C)(C)C)s1. The molecule has 0 spiro atoms. The van der Waals surface area contributed by atoms with Crippen molar-refractivity contribution in [2.75, 3.05) is 25.3 Å². The highest BCUT2D eigenvalue weighted by molar-refractivity contribution is 7.16. The van der Waals surface area contributed by atoms with Crippen molar-refractivity contribution in [3.8, 4) is 0 Å². The van der Waals surface area contributed by atoms with Crippen LogP contribution in [0.25, 0.3) is 0 Å². The molecule has 0 aliphatic carbocycles. The Morgan fingerprint density at radius 1 is 1.00 bits per heavy atom. The molecular formula is C17H24N4O6S2. The third-order valence-corrected chi connectivity index (χ3v) is 4.56. The van der Waals surface area contributed by atoms with Gasteiger partial charge in [-0.1, -0.05) is 0 Å². The van der Waals surface area contributed by atoms with E-state index < -0.39 is 11.7 Å². The van der Waals surface area contributed by atoms with Gasteiger partial charge in [-0.15, -0.1) is 22.7 Å². The van der Waals surface area contributed by atoms with Crippen LogP contribution in [0.4, 0.5) is 15.1 Å². The quantitative estimate of drug-likeness (QED) is 0.525. The number of amides is 1. The Kier molecular flexibility index (Phi) is 9.48. The van der Waals surface area contributed by atoms with Crippen molar-refractivity contribution in [3.63, 3.8) is 0 Å². The molecule has 2 heterocycles. The van der Waals surface area contributed by atoms with Crippen LogP contribution in [0.15, 0.2) is 12.4 Å². The van der Waals surface area contributed by atoms with Gasteiger partial charge in [-0.05, 0) is 20.8 Å². The first kappa shape index (κ1) is 24.3. The number of carbonyl (C=O) groups excluding carboxylic acids is 3. The largest absolute Gasteiger partial charge is 0.469 e. The second-order valence-corrected chi connectivity index (χ2v) is 8.69. The van der Waals surface area contributed by atoms with Crippen LogP contribution in [0.1, 0.15) is 30.5 Å². The van der Waals surface area contributed by atoms with Gasteiger partial charge in [0.25, 0.3) is 0 Å². The number of nitrogen functional groups attached to an aromatic ring is 1. The lowest BCUT2D eigenvalue weighted by molar-refractivity contribution is -0.140. The molecule has 0 saturated heterocycles. The summed E-state index contributed by atoms with van der Waals surface area (Å²) in [5, 5.41) is 3.37. The van der Waals surface area contributed by atoms with Gasteiger partial charge < -0.3 is 19.9 Å². The Morgan fingerprint density at radius 3 is 1.97 bits per heavy atom. The summed E-state index contributed by atoms with van der Waals surface area (Å²) >= 11 is 2.50.